The van der Waals surface area contributed by atoms with E-state index in [1.165, 1.54) is 5.56 Å². The third-order valence-electron chi connectivity index (χ3n) is 3.44. The number of rotatable bonds is 5. The van der Waals surface area contributed by atoms with E-state index in [0.717, 1.165) is 28.2 Å². The first kappa shape index (κ1) is 15.1. The lowest BCUT2D eigenvalue weighted by Gasteiger charge is -2.16. The Bertz CT molecular complexity index is 595. The largest absolute Gasteiger partial charge is 0.481 e. The molecule has 0 saturated carbocycles. The van der Waals surface area contributed by atoms with Crippen molar-refractivity contribution in [2.24, 2.45) is 7.05 Å². The van der Waals surface area contributed by atoms with E-state index in [0.29, 0.717) is 0 Å². The molecule has 0 bridgehead atoms. The fourth-order valence-corrected chi connectivity index (χ4v) is 2.96. The molecule has 1 atom stereocenters. The van der Waals surface area contributed by atoms with Gasteiger partial charge in [-0.05, 0) is 25.5 Å². The van der Waals surface area contributed by atoms with Crippen molar-refractivity contribution in [3.05, 3.63) is 45.6 Å². The van der Waals surface area contributed by atoms with Crippen molar-refractivity contribution < 1.29 is 4.74 Å². The monoisotopic (exact) mass is 337 g/mol. The highest BCUT2D eigenvalue weighted by atomic mass is 79.9. The standard InChI is InChI=1S/C15H20BrN3O/c1-10(12-7-5-6-8-14(12)16)17-9-13-11(2)18-19(3)15(13)20-4/h5-8,10,17H,9H2,1-4H3/t10-/m0/s1. The van der Waals surface area contributed by atoms with Crippen LogP contribution in [-0.2, 0) is 13.6 Å². The highest BCUT2D eigenvalue weighted by Crippen LogP contribution is 2.25. The third kappa shape index (κ3) is 3.04. The molecule has 0 amide bonds. The van der Waals surface area contributed by atoms with Crippen LogP contribution in [0.15, 0.2) is 28.7 Å². The molecule has 0 saturated heterocycles. The normalized spacial score (nSPS) is 12.4. The molecule has 5 heteroatoms. The Labute approximate surface area is 128 Å². The van der Waals surface area contributed by atoms with E-state index < -0.39 is 0 Å². The lowest BCUT2D eigenvalue weighted by atomic mass is 10.1. The Morgan fingerprint density at radius 1 is 1.40 bits per heavy atom. The van der Waals surface area contributed by atoms with Gasteiger partial charge in [0.1, 0.15) is 0 Å². The van der Waals surface area contributed by atoms with Gasteiger partial charge in [0, 0.05) is 24.1 Å². The number of aromatic nitrogens is 2. The molecule has 0 aliphatic heterocycles. The number of halogens is 1. The summed E-state index contributed by atoms with van der Waals surface area (Å²) in [5, 5.41) is 7.91. The van der Waals surface area contributed by atoms with Crippen LogP contribution in [0.2, 0.25) is 0 Å². The summed E-state index contributed by atoms with van der Waals surface area (Å²) in [6.45, 7) is 4.88. The Hall–Kier alpha value is -1.33. The van der Waals surface area contributed by atoms with E-state index in [9.17, 15) is 0 Å². The number of nitrogens with one attached hydrogen (secondary N) is 1. The molecular formula is C15H20BrN3O. The number of benzene rings is 1. The number of hydrogen-bond donors (Lipinski definition) is 1. The molecule has 1 heterocycles. The van der Waals surface area contributed by atoms with Crippen LogP contribution < -0.4 is 10.1 Å². The van der Waals surface area contributed by atoms with Gasteiger partial charge >= 0.3 is 0 Å². The van der Waals surface area contributed by atoms with E-state index in [1.807, 2.05) is 26.1 Å². The number of hydrogen-bond acceptors (Lipinski definition) is 3. The summed E-state index contributed by atoms with van der Waals surface area (Å²) in [6, 6.07) is 8.50. The average molecular weight is 338 g/mol. The van der Waals surface area contributed by atoms with E-state index >= 15 is 0 Å². The van der Waals surface area contributed by atoms with E-state index in [1.54, 1.807) is 11.8 Å². The molecule has 0 fully saturated rings. The summed E-state index contributed by atoms with van der Waals surface area (Å²) < 4.78 is 8.30. The van der Waals surface area contributed by atoms with Crippen molar-refractivity contribution in [2.75, 3.05) is 7.11 Å². The Balaban J connectivity index is 2.11. The minimum Gasteiger partial charge on any atom is -0.481 e. The van der Waals surface area contributed by atoms with Gasteiger partial charge < -0.3 is 10.1 Å². The average Bonchev–Trinajstić information content (AvgIpc) is 2.70. The van der Waals surface area contributed by atoms with Gasteiger partial charge in [-0.2, -0.15) is 5.10 Å². The molecule has 0 aliphatic carbocycles. The highest BCUT2D eigenvalue weighted by molar-refractivity contribution is 9.10. The molecule has 1 aromatic heterocycles. The first-order valence-electron chi connectivity index (χ1n) is 6.58. The second-order valence-corrected chi connectivity index (χ2v) is 5.68. The summed E-state index contributed by atoms with van der Waals surface area (Å²) in [5.74, 6) is 0.814. The Morgan fingerprint density at radius 2 is 2.10 bits per heavy atom. The molecule has 0 unspecified atom stereocenters. The van der Waals surface area contributed by atoms with Crippen LogP contribution in [-0.4, -0.2) is 16.9 Å². The second kappa shape index (κ2) is 6.41. The van der Waals surface area contributed by atoms with Gasteiger partial charge in [0.15, 0.2) is 0 Å². The summed E-state index contributed by atoms with van der Waals surface area (Å²) >= 11 is 3.59. The maximum absolute atomic E-state index is 5.41. The number of nitrogens with zero attached hydrogens (tertiary/aromatic N) is 2. The summed E-state index contributed by atoms with van der Waals surface area (Å²) in [5.41, 5.74) is 3.35. The number of methoxy groups -OCH3 is 1. The van der Waals surface area contributed by atoms with Gasteiger partial charge in [0.2, 0.25) is 5.88 Å². The minimum atomic E-state index is 0.245. The third-order valence-corrected chi connectivity index (χ3v) is 4.16. The first-order chi connectivity index (χ1) is 9.54. The summed E-state index contributed by atoms with van der Waals surface area (Å²) in [6.07, 6.45) is 0. The summed E-state index contributed by atoms with van der Waals surface area (Å²) in [7, 11) is 3.57. The fourth-order valence-electron chi connectivity index (χ4n) is 2.33. The van der Waals surface area contributed by atoms with Crippen LogP contribution in [0.1, 0.15) is 29.8 Å². The highest BCUT2D eigenvalue weighted by Gasteiger charge is 2.15. The Morgan fingerprint density at radius 3 is 2.75 bits per heavy atom. The molecule has 0 spiro atoms. The fraction of sp³-hybridized carbons (Fsp3) is 0.400. The summed E-state index contributed by atoms with van der Waals surface area (Å²) in [4.78, 5) is 0. The van der Waals surface area contributed by atoms with Crippen molar-refractivity contribution in [2.45, 2.75) is 26.4 Å². The van der Waals surface area contributed by atoms with Gasteiger partial charge in [-0.3, -0.25) is 0 Å². The maximum atomic E-state index is 5.41. The van der Waals surface area contributed by atoms with Gasteiger partial charge in [0.05, 0.1) is 18.4 Å². The van der Waals surface area contributed by atoms with Gasteiger partial charge in [-0.25, -0.2) is 4.68 Å². The van der Waals surface area contributed by atoms with Crippen LogP contribution in [0, 0.1) is 6.92 Å². The number of ether oxygens (including phenoxy) is 1. The number of aryl methyl sites for hydroxylation is 2. The van der Waals surface area contributed by atoms with E-state index in [2.05, 4.69) is 45.4 Å². The molecule has 1 aromatic carbocycles. The van der Waals surface area contributed by atoms with Crippen molar-refractivity contribution in [1.29, 1.82) is 0 Å². The second-order valence-electron chi connectivity index (χ2n) is 4.82. The van der Waals surface area contributed by atoms with Crippen LogP contribution in [0.25, 0.3) is 0 Å². The first-order valence-corrected chi connectivity index (χ1v) is 7.38. The van der Waals surface area contributed by atoms with Crippen molar-refractivity contribution in [3.8, 4) is 5.88 Å². The zero-order valence-electron chi connectivity index (χ0n) is 12.3. The Kier molecular flexibility index (Phi) is 4.83. The molecule has 2 rings (SSSR count). The zero-order valence-corrected chi connectivity index (χ0v) is 13.9. The molecule has 2 aromatic rings. The van der Waals surface area contributed by atoms with Crippen LogP contribution >= 0.6 is 15.9 Å². The van der Waals surface area contributed by atoms with Gasteiger partial charge in [-0.15, -0.1) is 0 Å². The molecule has 20 heavy (non-hydrogen) atoms. The minimum absolute atomic E-state index is 0.245. The lowest BCUT2D eigenvalue weighted by Crippen LogP contribution is -2.19. The SMILES string of the molecule is COc1c(CN[C@@H](C)c2ccccc2Br)c(C)nn1C. The molecule has 0 radical (unpaired) electrons. The predicted molar refractivity (Wildman–Crippen MR) is 83.9 cm³/mol. The molecular weight excluding hydrogens is 318 g/mol. The molecule has 108 valence electrons. The van der Waals surface area contributed by atoms with Crippen LogP contribution in [0.5, 0.6) is 5.88 Å². The van der Waals surface area contributed by atoms with Crippen molar-refractivity contribution in [1.82, 2.24) is 15.1 Å². The van der Waals surface area contributed by atoms with Gasteiger partial charge in [-0.1, -0.05) is 34.1 Å². The predicted octanol–water partition coefficient (Wildman–Crippen LogP) is 3.35. The lowest BCUT2D eigenvalue weighted by molar-refractivity contribution is 0.367. The van der Waals surface area contributed by atoms with Crippen molar-refractivity contribution in [3.63, 3.8) is 0 Å². The van der Waals surface area contributed by atoms with Gasteiger partial charge in [0.25, 0.3) is 0 Å². The molecule has 4 nitrogen and oxygen atoms in total. The van der Waals surface area contributed by atoms with Crippen LogP contribution in [0.3, 0.4) is 0 Å². The molecule has 0 aliphatic rings. The molecule has 1 N–H and O–H groups in total. The maximum Gasteiger partial charge on any atom is 0.216 e. The van der Waals surface area contributed by atoms with E-state index in [-0.39, 0.29) is 6.04 Å². The van der Waals surface area contributed by atoms with Crippen LogP contribution in [0.4, 0.5) is 0 Å². The smallest absolute Gasteiger partial charge is 0.216 e. The van der Waals surface area contributed by atoms with Crippen molar-refractivity contribution >= 4 is 15.9 Å². The van der Waals surface area contributed by atoms with E-state index in [4.69, 9.17) is 4.74 Å². The zero-order chi connectivity index (χ0) is 14.7. The topological polar surface area (TPSA) is 39.1 Å². The quantitative estimate of drug-likeness (QED) is 0.909.